The van der Waals surface area contributed by atoms with Crippen molar-refractivity contribution in [3.8, 4) is 0 Å². The van der Waals surface area contributed by atoms with E-state index in [2.05, 4.69) is 5.32 Å². The predicted octanol–water partition coefficient (Wildman–Crippen LogP) is 3.64. The van der Waals surface area contributed by atoms with Crippen molar-refractivity contribution in [2.75, 3.05) is 36.1 Å². The van der Waals surface area contributed by atoms with Crippen molar-refractivity contribution in [2.24, 2.45) is 5.92 Å². The van der Waals surface area contributed by atoms with Gasteiger partial charge in [-0.3, -0.25) is 14.4 Å². The van der Waals surface area contributed by atoms with Gasteiger partial charge < -0.3 is 15.1 Å². The summed E-state index contributed by atoms with van der Waals surface area (Å²) in [6.45, 7) is 1.84. The number of hydrogen-bond acceptors (Lipinski definition) is 4. The van der Waals surface area contributed by atoms with Crippen LogP contribution in [0.25, 0.3) is 0 Å². The summed E-state index contributed by atoms with van der Waals surface area (Å²) in [5, 5.41) is 2.90. The van der Waals surface area contributed by atoms with Crippen molar-refractivity contribution >= 4 is 40.9 Å². The van der Waals surface area contributed by atoms with Crippen molar-refractivity contribution in [3.63, 3.8) is 0 Å². The van der Waals surface area contributed by atoms with E-state index in [1.165, 1.54) is 0 Å². The monoisotopic (exact) mass is 423 g/mol. The van der Waals surface area contributed by atoms with E-state index in [0.29, 0.717) is 17.8 Å². The van der Waals surface area contributed by atoms with Crippen LogP contribution in [0.5, 0.6) is 0 Å². The van der Waals surface area contributed by atoms with E-state index in [-0.39, 0.29) is 24.1 Å². The predicted molar refractivity (Wildman–Crippen MR) is 119 cm³/mol. The Morgan fingerprint density at radius 2 is 1.73 bits per heavy atom. The molecule has 0 saturated carbocycles. The first-order valence-corrected chi connectivity index (χ1v) is 11.4. The van der Waals surface area contributed by atoms with Crippen LogP contribution in [-0.2, 0) is 9.59 Å². The van der Waals surface area contributed by atoms with Crippen molar-refractivity contribution in [1.29, 1.82) is 0 Å². The van der Waals surface area contributed by atoms with E-state index in [9.17, 15) is 14.4 Å². The number of amides is 3. The van der Waals surface area contributed by atoms with Gasteiger partial charge in [0.25, 0.3) is 5.91 Å². The van der Waals surface area contributed by atoms with Crippen molar-refractivity contribution in [2.45, 2.75) is 24.2 Å². The Bertz CT molecular complexity index is 954. The summed E-state index contributed by atoms with van der Waals surface area (Å²) in [4.78, 5) is 42.9. The number of thioether (sulfide) groups is 1. The number of nitrogens with zero attached hydrogens (tertiary/aromatic N) is 2. The lowest BCUT2D eigenvalue weighted by molar-refractivity contribution is -0.122. The van der Waals surface area contributed by atoms with Crippen LogP contribution in [0.15, 0.2) is 53.4 Å². The minimum absolute atomic E-state index is 0.0543. The van der Waals surface area contributed by atoms with Crippen LogP contribution >= 0.6 is 11.8 Å². The molecule has 1 atom stereocenters. The molecule has 2 heterocycles. The van der Waals surface area contributed by atoms with Crippen molar-refractivity contribution in [3.05, 3.63) is 54.1 Å². The van der Waals surface area contributed by atoms with Crippen LogP contribution in [0, 0.1) is 5.92 Å². The average molecular weight is 424 g/mol. The Labute approximate surface area is 180 Å². The van der Waals surface area contributed by atoms with Gasteiger partial charge in [-0.15, -0.1) is 11.8 Å². The highest BCUT2D eigenvalue weighted by Crippen LogP contribution is 2.28. The zero-order chi connectivity index (χ0) is 21.1. The Balaban J connectivity index is 1.46. The van der Waals surface area contributed by atoms with Gasteiger partial charge in [-0.05, 0) is 55.5 Å². The van der Waals surface area contributed by atoms with Gasteiger partial charge in [0.15, 0.2) is 0 Å². The molecule has 2 aliphatic heterocycles. The van der Waals surface area contributed by atoms with E-state index in [4.69, 9.17) is 0 Å². The number of anilines is 2. The molecule has 30 heavy (non-hydrogen) atoms. The Morgan fingerprint density at radius 3 is 2.43 bits per heavy atom. The van der Waals surface area contributed by atoms with Crippen LogP contribution < -0.4 is 10.2 Å². The molecule has 7 heteroatoms. The van der Waals surface area contributed by atoms with E-state index in [0.717, 1.165) is 36.5 Å². The molecule has 6 nitrogen and oxygen atoms in total. The lowest BCUT2D eigenvalue weighted by Crippen LogP contribution is -2.30. The zero-order valence-corrected chi connectivity index (χ0v) is 17.8. The molecule has 2 fully saturated rings. The fourth-order valence-electron chi connectivity index (χ4n) is 4.00. The normalized spacial score (nSPS) is 18.7. The molecule has 0 radical (unpaired) electrons. The smallest absolute Gasteiger partial charge is 0.255 e. The molecule has 1 unspecified atom stereocenters. The van der Waals surface area contributed by atoms with Crippen LogP contribution in [0.4, 0.5) is 11.4 Å². The number of hydrogen-bond donors (Lipinski definition) is 1. The number of rotatable bonds is 5. The minimum Gasteiger partial charge on any atom is -0.339 e. The first kappa shape index (κ1) is 20.5. The third kappa shape index (κ3) is 4.21. The molecule has 0 spiro atoms. The molecule has 0 aromatic heterocycles. The Morgan fingerprint density at radius 1 is 1.03 bits per heavy atom. The second kappa shape index (κ2) is 8.92. The van der Waals surface area contributed by atoms with Gasteiger partial charge in [0.05, 0.1) is 17.2 Å². The average Bonchev–Trinajstić information content (AvgIpc) is 3.44. The first-order chi connectivity index (χ1) is 14.6. The summed E-state index contributed by atoms with van der Waals surface area (Å²) in [6, 6.07) is 14.9. The van der Waals surface area contributed by atoms with Gasteiger partial charge >= 0.3 is 0 Å². The highest BCUT2D eigenvalue weighted by atomic mass is 32.2. The van der Waals surface area contributed by atoms with Crippen LogP contribution in [0.3, 0.4) is 0 Å². The number of nitrogens with one attached hydrogen (secondary N) is 1. The van der Waals surface area contributed by atoms with Gasteiger partial charge in [-0.2, -0.15) is 0 Å². The maximum Gasteiger partial charge on any atom is 0.255 e. The van der Waals surface area contributed by atoms with Crippen LogP contribution in [0.2, 0.25) is 0 Å². The summed E-state index contributed by atoms with van der Waals surface area (Å²) in [6.07, 6.45) is 4.19. The SMILES string of the molecule is CSc1ccc(N2CC(C(=O)Nc3ccccc3C(=O)N3CCCC3)CC2=O)cc1. The maximum absolute atomic E-state index is 12.9. The standard InChI is InChI=1S/C23H25N3O3S/c1-30-18-10-8-17(9-11-18)26-15-16(14-21(26)27)22(28)24-20-7-3-2-6-19(20)23(29)25-12-4-5-13-25/h2-3,6-11,16H,4-5,12-15H2,1H3,(H,24,28). The van der Waals surface area contributed by atoms with E-state index < -0.39 is 5.92 Å². The molecule has 2 aromatic carbocycles. The molecule has 0 bridgehead atoms. The third-order valence-electron chi connectivity index (χ3n) is 5.69. The number of para-hydroxylation sites is 1. The minimum atomic E-state index is -0.451. The molecular weight excluding hydrogens is 398 g/mol. The number of likely N-dealkylation sites (tertiary alicyclic amines) is 1. The summed E-state index contributed by atoms with van der Waals surface area (Å²) < 4.78 is 0. The number of carbonyl (C=O) groups excluding carboxylic acids is 3. The molecule has 4 rings (SSSR count). The lowest BCUT2D eigenvalue weighted by Gasteiger charge is -2.19. The zero-order valence-electron chi connectivity index (χ0n) is 17.0. The van der Waals surface area contributed by atoms with Gasteiger partial charge in [-0.25, -0.2) is 0 Å². The second-order valence-electron chi connectivity index (χ2n) is 7.64. The Kier molecular flexibility index (Phi) is 6.08. The Hall–Kier alpha value is -2.80. The summed E-state index contributed by atoms with van der Waals surface area (Å²) in [5.74, 6) is -0.796. The molecule has 2 aromatic rings. The summed E-state index contributed by atoms with van der Waals surface area (Å²) >= 11 is 1.64. The maximum atomic E-state index is 12.9. The molecule has 156 valence electrons. The lowest BCUT2D eigenvalue weighted by atomic mass is 10.1. The first-order valence-electron chi connectivity index (χ1n) is 10.2. The van der Waals surface area contributed by atoms with E-state index in [1.807, 2.05) is 35.4 Å². The fraction of sp³-hybridized carbons (Fsp3) is 0.348. The largest absolute Gasteiger partial charge is 0.339 e. The quantitative estimate of drug-likeness (QED) is 0.746. The van der Waals surface area contributed by atoms with Gasteiger partial charge in [0.2, 0.25) is 11.8 Å². The molecule has 1 N–H and O–H groups in total. The summed E-state index contributed by atoms with van der Waals surface area (Å²) in [5.41, 5.74) is 1.81. The molecule has 2 saturated heterocycles. The molecule has 2 aliphatic rings. The van der Waals surface area contributed by atoms with Crippen molar-refractivity contribution in [1.82, 2.24) is 4.90 Å². The molecule has 3 amide bonds. The van der Waals surface area contributed by atoms with Gasteiger partial charge in [-0.1, -0.05) is 12.1 Å². The number of carbonyl (C=O) groups is 3. The van der Waals surface area contributed by atoms with Gasteiger partial charge in [0, 0.05) is 36.6 Å². The topological polar surface area (TPSA) is 69.7 Å². The summed E-state index contributed by atoms with van der Waals surface area (Å²) in [7, 11) is 0. The highest BCUT2D eigenvalue weighted by Gasteiger charge is 2.35. The van der Waals surface area contributed by atoms with E-state index in [1.54, 1.807) is 40.9 Å². The van der Waals surface area contributed by atoms with Crippen molar-refractivity contribution < 1.29 is 14.4 Å². The van der Waals surface area contributed by atoms with E-state index >= 15 is 0 Å². The fourth-order valence-corrected chi connectivity index (χ4v) is 4.41. The third-order valence-corrected chi connectivity index (χ3v) is 6.43. The highest BCUT2D eigenvalue weighted by molar-refractivity contribution is 7.98. The molecular formula is C23H25N3O3S. The van der Waals surface area contributed by atoms with Gasteiger partial charge in [0.1, 0.15) is 0 Å². The number of benzene rings is 2. The second-order valence-corrected chi connectivity index (χ2v) is 8.52. The van der Waals surface area contributed by atoms with Crippen LogP contribution in [0.1, 0.15) is 29.6 Å². The van der Waals surface area contributed by atoms with Crippen LogP contribution in [-0.4, -0.2) is 48.5 Å². The molecule has 0 aliphatic carbocycles.